The number of guanidine groups is 1. The Morgan fingerprint density at radius 2 is 1.87 bits per heavy atom. The summed E-state index contributed by atoms with van der Waals surface area (Å²) in [5, 5.41) is 7.68. The van der Waals surface area contributed by atoms with Crippen LogP contribution in [0.1, 0.15) is 34.9 Å². The smallest absolute Gasteiger partial charge is 0.250 e. The normalized spacial score (nSPS) is 11.1. The molecule has 6 nitrogen and oxygen atoms in total. The van der Waals surface area contributed by atoms with Crippen molar-refractivity contribution in [1.82, 2.24) is 20.2 Å². The summed E-state index contributed by atoms with van der Waals surface area (Å²) in [6, 6.07) is 13.4. The van der Waals surface area contributed by atoms with Gasteiger partial charge in [-0.2, -0.15) is 0 Å². The van der Waals surface area contributed by atoms with Crippen LogP contribution in [0.5, 0.6) is 0 Å². The van der Waals surface area contributed by atoms with Crippen LogP contribution in [0.2, 0.25) is 0 Å². The molecule has 3 rings (SSSR count). The molecule has 0 radical (unpaired) electrons. The lowest BCUT2D eigenvalue weighted by atomic mass is 10.1. The average molecular weight is 537 g/mol. The Bertz CT molecular complexity index is 997. The molecule has 0 atom stereocenters. The largest absolute Gasteiger partial charge is 0.357 e. The molecule has 2 N–H and O–H groups in total. The monoisotopic (exact) mass is 537 g/mol. The minimum absolute atomic E-state index is 0. The van der Waals surface area contributed by atoms with E-state index in [2.05, 4.69) is 46.6 Å². The van der Waals surface area contributed by atoms with Crippen molar-refractivity contribution in [3.8, 4) is 0 Å². The molecule has 0 spiro atoms. The second-order valence-electron chi connectivity index (χ2n) is 6.61. The van der Waals surface area contributed by atoms with Crippen molar-refractivity contribution >= 4 is 41.3 Å². The highest BCUT2D eigenvalue weighted by Gasteiger charge is 2.03. The lowest BCUT2D eigenvalue weighted by Gasteiger charge is -2.10. The van der Waals surface area contributed by atoms with E-state index in [0.717, 1.165) is 35.1 Å². The number of aromatic nitrogens is 2. The molecule has 3 aromatic rings. The molecule has 0 aliphatic rings. The fourth-order valence-corrected chi connectivity index (χ4v) is 3.60. The Kier molecular flexibility index (Phi) is 10.0. The van der Waals surface area contributed by atoms with Gasteiger partial charge in [-0.3, -0.25) is 4.79 Å². The van der Waals surface area contributed by atoms with Crippen molar-refractivity contribution in [2.75, 3.05) is 6.54 Å². The third-order valence-corrected chi connectivity index (χ3v) is 5.54. The predicted molar refractivity (Wildman–Crippen MR) is 135 cm³/mol. The summed E-state index contributed by atoms with van der Waals surface area (Å²) in [6.45, 7) is 6.81. The third kappa shape index (κ3) is 7.24. The quantitative estimate of drug-likeness (QED) is 0.261. The highest BCUT2D eigenvalue weighted by molar-refractivity contribution is 14.0. The van der Waals surface area contributed by atoms with E-state index in [1.54, 1.807) is 34.2 Å². The molecule has 8 heteroatoms. The van der Waals surface area contributed by atoms with Gasteiger partial charge in [0.25, 0.3) is 5.56 Å². The molecular weight excluding hydrogens is 509 g/mol. The molecule has 0 aliphatic carbocycles. The maximum atomic E-state index is 11.8. The predicted octanol–water partition coefficient (Wildman–Crippen LogP) is 3.79. The van der Waals surface area contributed by atoms with Crippen molar-refractivity contribution in [2.45, 2.75) is 39.9 Å². The van der Waals surface area contributed by atoms with Crippen molar-refractivity contribution in [2.24, 2.45) is 4.99 Å². The molecule has 30 heavy (non-hydrogen) atoms. The summed E-state index contributed by atoms with van der Waals surface area (Å²) in [5.41, 5.74) is 2.22. The number of nitrogens with one attached hydrogen (secondary N) is 2. The zero-order valence-electron chi connectivity index (χ0n) is 17.3. The van der Waals surface area contributed by atoms with Gasteiger partial charge in [0.05, 0.1) is 19.6 Å². The molecule has 0 aliphatic heterocycles. The van der Waals surface area contributed by atoms with Crippen LogP contribution < -0.4 is 16.2 Å². The summed E-state index contributed by atoms with van der Waals surface area (Å²) >= 11 is 1.73. The molecule has 0 amide bonds. The van der Waals surface area contributed by atoms with Crippen LogP contribution in [0.3, 0.4) is 0 Å². The summed E-state index contributed by atoms with van der Waals surface area (Å²) in [7, 11) is 0. The van der Waals surface area contributed by atoms with Crippen molar-refractivity contribution < 1.29 is 0 Å². The maximum absolute atomic E-state index is 11.8. The van der Waals surface area contributed by atoms with Crippen LogP contribution in [-0.4, -0.2) is 22.1 Å². The molecule has 0 saturated heterocycles. The second kappa shape index (κ2) is 12.5. The molecule has 1 aromatic carbocycles. The molecule has 0 saturated carbocycles. The lowest BCUT2D eigenvalue weighted by Crippen LogP contribution is -2.36. The standard InChI is InChI=1S/C22H27N5OS.HI/c1-3-19-14-24-20(29-19)15-26-22(23-4-2)25-13-17-8-10-18(11-9-17)16-27-12-6-5-7-21(27)28;/h5-12,14H,3-4,13,15-16H2,1-2H3,(H2,23,25,26);1H. The number of aliphatic imine (C=N–C) groups is 1. The van der Waals surface area contributed by atoms with E-state index < -0.39 is 0 Å². The van der Waals surface area contributed by atoms with Crippen LogP contribution >= 0.6 is 35.3 Å². The summed E-state index contributed by atoms with van der Waals surface area (Å²) in [4.78, 5) is 22.2. The topological polar surface area (TPSA) is 71.3 Å². The fourth-order valence-electron chi connectivity index (χ4n) is 2.80. The number of aryl methyl sites for hydroxylation is 1. The van der Waals surface area contributed by atoms with Crippen LogP contribution in [0.15, 0.2) is 64.6 Å². The maximum Gasteiger partial charge on any atom is 0.250 e. The second-order valence-corrected chi connectivity index (χ2v) is 7.81. The highest BCUT2D eigenvalue weighted by atomic mass is 127. The van der Waals surface area contributed by atoms with E-state index >= 15 is 0 Å². The van der Waals surface area contributed by atoms with Gasteiger partial charge in [0.2, 0.25) is 0 Å². The average Bonchev–Trinajstić information content (AvgIpc) is 3.21. The number of hydrogen-bond acceptors (Lipinski definition) is 4. The lowest BCUT2D eigenvalue weighted by molar-refractivity contribution is 0.759. The van der Waals surface area contributed by atoms with Crippen LogP contribution in [-0.2, 0) is 26.1 Å². The van der Waals surface area contributed by atoms with Crippen molar-refractivity contribution in [3.05, 3.63) is 86.2 Å². The van der Waals surface area contributed by atoms with Crippen LogP contribution in [0.4, 0.5) is 0 Å². The Morgan fingerprint density at radius 1 is 1.10 bits per heavy atom. The minimum atomic E-state index is 0. The molecule has 160 valence electrons. The first-order valence-corrected chi connectivity index (χ1v) is 10.7. The summed E-state index contributed by atoms with van der Waals surface area (Å²) in [6.07, 6.45) is 4.76. The zero-order chi connectivity index (χ0) is 20.5. The molecule has 0 fully saturated rings. The molecule has 2 aromatic heterocycles. The Labute approximate surface area is 198 Å². The number of hydrogen-bond donors (Lipinski definition) is 2. The summed E-state index contributed by atoms with van der Waals surface area (Å²) < 4.78 is 1.70. The fraction of sp³-hybridized carbons (Fsp3) is 0.318. The van der Waals surface area contributed by atoms with Gasteiger partial charge < -0.3 is 15.2 Å². The Morgan fingerprint density at radius 3 is 2.53 bits per heavy atom. The number of rotatable bonds is 8. The van der Waals surface area contributed by atoms with Crippen LogP contribution in [0.25, 0.3) is 0 Å². The molecular formula is C22H28IN5OS. The first kappa shape index (κ1) is 24.1. The molecule has 0 unspecified atom stereocenters. The third-order valence-electron chi connectivity index (χ3n) is 4.40. The minimum Gasteiger partial charge on any atom is -0.357 e. The molecule has 0 bridgehead atoms. The highest BCUT2D eigenvalue weighted by Crippen LogP contribution is 2.13. The van der Waals surface area contributed by atoms with E-state index in [1.165, 1.54) is 4.88 Å². The van der Waals surface area contributed by atoms with E-state index in [4.69, 9.17) is 0 Å². The number of pyridine rings is 1. The number of thiazole rings is 1. The first-order chi connectivity index (χ1) is 14.2. The Hall–Kier alpha value is -2.20. The SMILES string of the molecule is CCNC(=NCc1ccc(Cn2ccccc2=O)cc1)NCc1ncc(CC)s1.I. The first-order valence-electron chi connectivity index (χ1n) is 9.87. The number of halogens is 1. The van der Waals surface area contributed by atoms with Gasteiger partial charge >= 0.3 is 0 Å². The number of nitrogens with zero attached hydrogens (tertiary/aromatic N) is 3. The van der Waals surface area contributed by atoms with E-state index in [0.29, 0.717) is 19.6 Å². The van der Waals surface area contributed by atoms with Gasteiger partial charge in [-0.05, 0) is 30.5 Å². The molecule has 2 heterocycles. The Balaban J connectivity index is 0.00000320. The van der Waals surface area contributed by atoms with Gasteiger partial charge in [0.1, 0.15) is 5.01 Å². The zero-order valence-corrected chi connectivity index (χ0v) is 20.4. The summed E-state index contributed by atoms with van der Waals surface area (Å²) in [5.74, 6) is 0.778. The van der Waals surface area contributed by atoms with Gasteiger partial charge in [-0.15, -0.1) is 35.3 Å². The van der Waals surface area contributed by atoms with Gasteiger partial charge in [-0.1, -0.05) is 37.3 Å². The van der Waals surface area contributed by atoms with Gasteiger partial charge in [0.15, 0.2) is 5.96 Å². The van der Waals surface area contributed by atoms with Gasteiger partial charge in [-0.25, -0.2) is 9.98 Å². The van der Waals surface area contributed by atoms with E-state index in [9.17, 15) is 4.79 Å². The number of benzene rings is 1. The van der Waals surface area contributed by atoms with Crippen molar-refractivity contribution in [3.63, 3.8) is 0 Å². The van der Waals surface area contributed by atoms with Crippen molar-refractivity contribution in [1.29, 1.82) is 0 Å². The van der Waals surface area contributed by atoms with Crippen LogP contribution in [0, 0.1) is 0 Å². The van der Waals surface area contributed by atoms with E-state index in [1.807, 2.05) is 24.4 Å². The van der Waals surface area contributed by atoms with Gasteiger partial charge in [0, 0.05) is 29.9 Å². The van der Waals surface area contributed by atoms with E-state index in [-0.39, 0.29) is 29.5 Å².